The summed E-state index contributed by atoms with van der Waals surface area (Å²) in [6, 6.07) is 5.96. The van der Waals surface area contributed by atoms with Gasteiger partial charge in [-0.15, -0.1) is 0 Å². The molecule has 2 aromatic rings. The highest BCUT2D eigenvalue weighted by Gasteiger charge is 2.10. The van der Waals surface area contributed by atoms with E-state index < -0.39 is 0 Å². The fourth-order valence-corrected chi connectivity index (χ4v) is 1.63. The normalized spacial score (nSPS) is 10.4. The number of benzene rings is 1. The summed E-state index contributed by atoms with van der Waals surface area (Å²) >= 11 is 0. The molecule has 84 valence electrons. The summed E-state index contributed by atoms with van der Waals surface area (Å²) in [5.41, 5.74) is 9.46. The van der Waals surface area contributed by atoms with Crippen LogP contribution in [0.25, 0.3) is 5.69 Å². The quantitative estimate of drug-likeness (QED) is 0.837. The fourth-order valence-electron chi connectivity index (χ4n) is 1.63. The molecule has 4 heteroatoms. The van der Waals surface area contributed by atoms with Crippen LogP contribution in [-0.4, -0.2) is 16.9 Å². The number of aryl methyl sites for hydroxylation is 1. The van der Waals surface area contributed by atoms with E-state index in [-0.39, 0.29) is 0 Å². The average Bonchev–Trinajstić information content (AvgIpc) is 2.60. The number of anilines is 1. The zero-order valence-electron chi connectivity index (χ0n) is 9.69. The van der Waals surface area contributed by atoms with Crippen LogP contribution in [0, 0.1) is 13.8 Å². The van der Waals surface area contributed by atoms with Crippen LogP contribution in [0.2, 0.25) is 0 Å². The molecule has 0 spiro atoms. The van der Waals surface area contributed by atoms with Crippen molar-refractivity contribution in [2.75, 3.05) is 12.8 Å². The monoisotopic (exact) mass is 217 g/mol. The van der Waals surface area contributed by atoms with Gasteiger partial charge in [-0.05, 0) is 31.5 Å². The summed E-state index contributed by atoms with van der Waals surface area (Å²) < 4.78 is 7.11. The van der Waals surface area contributed by atoms with Crippen LogP contribution in [0.5, 0.6) is 5.75 Å². The first-order valence-corrected chi connectivity index (χ1v) is 5.08. The number of ether oxygens (including phenoxy) is 1. The van der Waals surface area contributed by atoms with Crippen LogP contribution >= 0.6 is 0 Å². The molecule has 0 aliphatic rings. The third-order valence-electron chi connectivity index (χ3n) is 2.61. The fraction of sp³-hybridized carbons (Fsp3) is 0.250. The second-order valence-electron chi connectivity index (χ2n) is 3.77. The van der Waals surface area contributed by atoms with Gasteiger partial charge < -0.3 is 10.5 Å². The Morgan fingerprint density at radius 1 is 1.31 bits per heavy atom. The van der Waals surface area contributed by atoms with Crippen LogP contribution in [0.4, 0.5) is 5.69 Å². The Bertz CT molecular complexity index is 517. The van der Waals surface area contributed by atoms with Gasteiger partial charge in [-0.3, -0.25) is 0 Å². The number of hydrogen-bond acceptors (Lipinski definition) is 3. The Hall–Kier alpha value is -1.97. The largest absolute Gasteiger partial charge is 0.494 e. The SMILES string of the molecule is COc1ccc(C)cc1-n1ncc(N)c1C. The molecule has 0 aliphatic heterocycles. The lowest BCUT2D eigenvalue weighted by Gasteiger charge is -2.11. The molecule has 1 heterocycles. The van der Waals surface area contributed by atoms with Gasteiger partial charge in [0.15, 0.2) is 0 Å². The Labute approximate surface area is 94.6 Å². The molecular formula is C12H15N3O. The minimum absolute atomic E-state index is 0.684. The minimum Gasteiger partial charge on any atom is -0.494 e. The lowest BCUT2D eigenvalue weighted by Crippen LogP contribution is -2.02. The maximum atomic E-state index is 5.78. The molecule has 2 rings (SSSR count). The van der Waals surface area contributed by atoms with Crippen molar-refractivity contribution in [3.05, 3.63) is 35.7 Å². The summed E-state index contributed by atoms with van der Waals surface area (Å²) in [5.74, 6) is 0.789. The van der Waals surface area contributed by atoms with E-state index in [1.54, 1.807) is 18.0 Å². The van der Waals surface area contributed by atoms with Gasteiger partial charge in [0.25, 0.3) is 0 Å². The van der Waals surface area contributed by atoms with E-state index in [9.17, 15) is 0 Å². The molecule has 0 fully saturated rings. The second kappa shape index (κ2) is 3.89. The summed E-state index contributed by atoms with van der Waals surface area (Å²) in [5, 5.41) is 4.25. The Morgan fingerprint density at radius 3 is 2.62 bits per heavy atom. The molecule has 4 nitrogen and oxygen atoms in total. The predicted octanol–water partition coefficient (Wildman–Crippen LogP) is 2.08. The average molecular weight is 217 g/mol. The van der Waals surface area contributed by atoms with E-state index in [0.717, 1.165) is 22.7 Å². The number of hydrogen-bond donors (Lipinski definition) is 1. The smallest absolute Gasteiger partial charge is 0.144 e. The highest BCUT2D eigenvalue weighted by molar-refractivity contribution is 5.52. The Balaban J connectivity index is 2.62. The Kier molecular flexibility index (Phi) is 2.56. The van der Waals surface area contributed by atoms with Gasteiger partial charge in [0.05, 0.1) is 24.7 Å². The topological polar surface area (TPSA) is 53.1 Å². The van der Waals surface area contributed by atoms with Crippen molar-refractivity contribution in [2.45, 2.75) is 13.8 Å². The molecule has 0 amide bonds. The number of methoxy groups -OCH3 is 1. The molecule has 0 bridgehead atoms. The molecule has 0 radical (unpaired) electrons. The number of rotatable bonds is 2. The molecule has 0 aliphatic carbocycles. The molecule has 0 unspecified atom stereocenters. The highest BCUT2D eigenvalue weighted by atomic mass is 16.5. The zero-order chi connectivity index (χ0) is 11.7. The van der Waals surface area contributed by atoms with Crippen molar-refractivity contribution in [2.24, 2.45) is 0 Å². The first-order chi connectivity index (χ1) is 7.63. The van der Waals surface area contributed by atoms with E-state index in [0.29, 0.717) is 5.69 Å². The van der Waals surface area contributed by atoms with E-state index in [1.165, 1.54) is 0 Å². The van der Waals surface area contributed by atoms with Gasteiger partial charge in [-0.25, -0.2) is 4.68 Å². The number of aromatic nitrogens is 2. The lowest BCUT2D eigenvalue weighted by atomic mass is 10.2. The molecule has 1 aromatic heterocycles. The van der Waals surface area contributed by atoms with E-state index in [2.05, 4.69) is 5.10 Å². The second-order valence-corrected chi connectivity index (χ2v) is 3.77. The van der Waals surface area contributed by atoms with Crippen molar-refractivity contribution >= 4 is 5.69 Å². The van der Waals surface area contributed by atoms with E-state index in [4.69, 9.17) is 10.5 Å². The van der Waals surface area contributed by atoms with Crippen LogP contribution < -0.4 is 10.5 Å². The van der Waals surface area contributed by atoms with Crippen LogP contribution in [0.3, 0.4) is 0 Å². The van der Waals surface area contributed by atoms with Gasteiger partial charge in [-0.1, -0.05) is 6.07 Å². The molecule has 16 heavy (non-hydrogen) atoms. The third kappa shape index (κ3) is 1.62. The van der Waals surface area contributed by atoms with Crippen molar-refractivity contribution in [3.63, 3.8) is 0 Å². The summed E-state index contributed by atoms with van der Waals surface area (Å²) in [7, 11) is 1.65. The first-order valence-electron chi connectivity index (χ1n) is 5.08. The summed E-state index contributed by atoms with van der Waals surface area (Å²) in [6.45, 7) is 3.97. The van der Waals surface area contributed by atoms with Gasteiger partial charge >= 0.3 is 0 Å². The Morgan fingerprint density at radius 2 is 2.06 bits per heavy atom. The molecule has 2 N–H and O–H groups in total. The molecule has 0 atom stereocenters. The van der Waals surface area contributed by atoms with E-state index >= 15 is 0 Å². The van der Waals surface area contributed by atoms with E-state index in [1.807, 2.05) is 32.0 Å². The molecule has 0 saturated heterocycles. The van der Waals surface area contributed by atoms with Crippen molar-refractivity contribution in [1.29, 1.82) is 0 Å². The van der Waals surface area contributed by atoms with Crippen molar-refractivity contribution < 1.29 is 4.74 Å². The third-order valence-corrected chi connectivity index (χ3v) is 2.61. The first kappa shape index (κ1) is 10.5. The maximum Gasteiger partial charge on any atom is 0.144 e. The summed E-state index contributed by atoms with van der Waals surface area (Å²) in [6.07, 6.45) is 1.65. The van der Waals surface area contributed by atoms with Gasteiger partial charge in [-0.2, -0.15) is 5.10 Å². The highest BCUT2D eigenvalue weighted by Crippen LogP contribution is 2.25. The lowest BCUT2D eigenvalue weighted by molar-refractivity contribution is 0.411. The minimum atomic E-state index is 0.684. The molecule has 1 aromatic carbocycles. The molecular weight excluding hydrogens is 202 g/mol. The van der Waals surface area contributed by atoms with Crippen LogP contribution in [0.15, 0.2) is 24.4 Å². The standard InChI is InChI=1S/C12H15N3O/c1-8-4-5-12(16-3)11(6-8)15-9(2)10(13)7-14-15/h4-7H,13H2,1-3H3. The van der Waals surface area contributed by atoms with Gasteiger partial charge in [0.2, 0.25) is 0 Å². The van der Waals surface area contributed by atoms with Gasteiger partial charge in [0.1, 0.15) is 11.4 Å². The zero-order valence-corrected chi connectivity index (χ0v) is 9.69. The van der Waals surface area contributed by atoms with Crippen LogP contribution in [-0.2, 0) is 0 Å². The van der Waals surface area contributed by atoms with Crippen LogP contribution in [0.1, 0.15) is 11.3 Å². The number of nitrogen functional groups attached to an aromatic ring is 1. The van der Waals surface area contributed by atoms with Gasteiger partial charge in [0, 0.05) is 0 Å². The molecule has 0 saturated carbocycles. The van der Waals surface area contributed by atoms with Crippen molar-refractivity contribution in [3.8, 4) is 11.4 Å². The predicted molar refractivity (Wildman–Crippen MR) is 64.0 cm³/mol. The maximum absolute atomic E-state index is 5.78. The number of nitrogens with two attached hydrogens (primary N) is 1. The van der Waals surface area contributed by atoms with Crippen molar-refractivity contribution in [1.82, 2.24) is 9.78 Å². The number of nitrogens with zero attached hydrogens (tertiary/aromatic N) is 2. The summed E-state index contributed by atoms with van der Waals surface area (Å²) in [4.78, 5) is 0.